The zero-order valence-corrected chi connectivity index (χ0v) is 16.2. The predicted octanol–water partition coefficient (Wildman–Crippen LogP) is 1.53. The first-order chi connectivity index (χ1) is 12.6. The van der Waals surface area contributed by atoms with E-state index in [1.54, 1.807) is 0 Å². The first-order valence-corrected chi connectivity index (χ1v) is 9.22. The van der Waals surface area contributed by atoms with Crippen LogP contribution in [0.3, 0.4) is 0 Å². The monoisotopic (exact) mass is 362 g/mol. The standard InChI is InChI=1S/C19H30N4O3/c1-14(23-7-8-24-12-15(23)2)10-21-19(20-3)22(4)11-16-5-6-17-18(9-16)26-13-25-17/h5-6,9,14-15H,7-8,10-13H2,1-4H3,(H,20,21). The number of nitrogens with one attached hydrogen (secondary N) is 1. The molecule has 1 fully saturated rings. The maximum atomic E-state index is 5.53. The van der Waals surface area contributed by atoms with Gasteiger partial charge in [-0.3, -0.25) is 9.89 Å². The maximum absolute atomic E-state index is 5.53. The Morgan fingerprint density at radius 3 is 2.96 bits per heavy atom. The minimum atomic E-state index is 0.301. The van der Waals surface area contributed by atoms with Crippen molar-refractivity contribution in [2.24, 2.45) is 4.99 Å². The van der Waals surface area contributed by atoms with Crippen LogP contribution in [0.4, 0.5) is 0 Å². The van der Waals surface area contributed by atoms with Gasteiger partial charge in [0.05, 0.1) is 13.2 Å². The van der Waals surface area contributed by atoms with Crippen LogP contribution in [0.25, 0.3) is 0 Å². The van der Waals surface area contributed by atoms with Crippen molar-refractivity contribution in [2.45, 2.75) is 32.5 Å². The molecule has 0 saturated carbocycles. The number of morpholine rings is 1. The van der Waals surface area contributed by atoms with Crippen LogP contribution in [0, 0.1) is 0 Å². The van der Waals surface area contributed by atoms with E-state index in [0.717, 1.165) is 55.9 Å². The largest absolute Gasteiger partial charge is 0.454 e. The van der Waals surface area contributed by atoms with Gasteiger partial charge in [-0.15, -0.1) is 0 Å². The number of aliphatic imine (C=N–C) groups is 1. The lowest BCUT2D eigenvalue weighted by Gasteiger charge is -2.38. The molecule has 0 spiro atoms. The van der Waals surface area contributed by atoms with Crippen LogP contribution in [-0.2, 0) is 11.3 Å². The number of hydrogen-bond donors (Lipinski definition) is 1. The summed E-state index contributed by atoms with van der Waals surface area (Å²) in [4.78, 5) is 9.03. The molecule has 0 radical (unpaired) electrons. The maximum Gasteiger partial charge on any atom is 0.231 e. The van der Waals surface area contributed by atoms with E-state index in [-0.39, 0.29) is 0 Å². The second kappa shape index (κ2) is 8.60. The molecule has 1 aromatic rings. The minimum Gasteiger partial charge on any atom is -0.454 e. The number of hydrogen-bond acceptors (Lipinski definition) is 5. The molecule has 0 bridgehead atoms. The van der Waals surface area contributed by atoms with Crippen LogP contribution in [0.2, 0.25) is 0 Å². The van der Waals surface area contributed by atoms with Crippen LogP contribution >= 0.6 is 0 Å². The molecule has 3 rings (SSSR count). The highest BCUT2D eigenvalue weighted by atomic mass is 16.7. The highest BCUT2D eigenvalue weighted by Gasteiger charge is 2.24. The molecule has 7 heteroatoms. The van der Waals surface area contributed by atoms with Crippen LogP contribution in [0.1, 0.15) is 19.4 Å². The summed E-state index contributed by atoms with van der Waals surface area (Å²) in [5.74, 6) is 2.51. The summed E-state index contributed by atoms with van der Waals surface area (Å²) in [5.41, 5.74) is 1.16. The molecule has 2 heterocycles. The van der Waals surface area contributed by atoms with Crippen molar-refractivity contribution in [1.82, 2.24) is 15.1 Å². The average molecular weight is 362 g/mol. The molecule has 7 nitrogen and oxygen atoms in total. The quantitative estimate of drug-likeness (QED) is 0.633. The SMILES string of the molecule is CN=C(NCC(C)N1CCOCC1C)N(C)Cc1ccc2c(c1)OCO2. The third kappa shape index (κ3) is 4.40. The van der Waals surface area contributed by atoms with Crippen molar-refractivity contribution in [1.29, 1.82) is 0 Å². The second-order valence-corrected chi connectivity index (χ2v) is 6.98. The number of benzene rings is 1. The Bertz CT molecular complexity index is 637. The third-order valence-corrected chi connectivity index (χ3v) is 4.97. The van der Waals surface area contributed by atoms with Gasteiger partial charge in [0.2, 0.25) is 6.79 Å². The van der Waals surface area contributed by atoms with Gasteiger partial charge in [0, 0.05) is 45.8 Å². The molecule has 2 aliphatic rings. The molecular formula is C19H30N4O3. The number of rotatable bonds is 5. The van der Waals surface area contributed by atoms with Gasteiger partial charge >= 0.3 is 0 Å². The minimum absolute atomic E-state index is 0.301. The van der Waals surface area contributed by atoms with Crippen LogP contribution in [-0.4, -0.2) is 75.0 Å². The summed E-state index contributed by atoms with van der Waals surface area (Å²) in [6.07, 6.45) is 0. The first kappa shape index (κ1) is 18.8. The van der Waals surface area contributed by atoms with E-state index in [2.05, 4.69) is 40.0 Å². The van der Waals surface area contributed by atoms with Crippen molar-refractivity contribution in [3.8, 4) is 11.5 Å². The fourth-order valence-electron chi connectivity index (χ4n) is 3.52. The molecule has 1 saturated heterocycles. The Morgan fingerprint density at radius 2 is 2.19 bits per heavy atom. The van der Waals surface area contributed by atoms with Gasteiger partial charge in [0.1, 0.15) is 0 Å². The fraction of sp³-hybridized carbons (Fsp3) is 0.632. The van der Waals surface area contributed by atoms with Crippen molar-refractivity contribution in [2.75, 3.05) is 47.2 Å². The molecule has 2 unspecified atom stereocenters. The van der Waals surface area contributed by atoms with Crippen molar-refractivity contribution in [3.63, 3.8) is 0 Å². The van der Waals surface area contributed by atoms with Gasteiger partial charge in [0.25, 0.3) is 0 Å². The highest BCUT2D eigenvalue weighted by molar-refractivity contribution is 5.79. The molecule has 144 valence electrons. The van der Waals surface area contributed by atoms with Gasteiger partial charge < -0.3 is 24.4 Å². The molecule has 1 N–H and O–H groups in total. The Hall–Kier alpha value is -1.99. The number of ether oxygens (including phenoxy) is 3. The van der Waals surface area contributed by atoms with E-state index in [0.29, 0.717) is 18.9 Å². The Kier molecular flexibility index (Phi) is 6.21. The summed E-state index contributed by atoms with van der Waals surface area (Å²) >= 11 is 0. The smallest absolute Gasteiger partial charge is 0.231 e. The molecule has 2 atom stereocenters. The van der Waals surface area contributed by atoms with Gasteiger partial charge in [-0.05, 0) is 31.5 Å². The number of nitrogens with zero attached hydrogens (tertiary/aromatic N) is 3. The van der Waals surface area contributed by atoms with Gasteiger partial charge in [-0.25, -0.2) is 0 Å². The summed E-state index contributed by atoms with van der Waals surface area (Å²) in [5, 5.41) is 3.50. The molecule has 0 amide bonds. The lowest BCUT2D eigenvalue weighted by atomic mass is 10.2. The van der Waals surface area contributed by atoms with E-state index < -0.39 is 0 Å². The topological polar surface area (TPSA) is 58.6 Å². The van der Waals surface area contributed by atoms with Gasteiger partial charge in [0.15, 0.2) is 17.5 Å². The lowest BCUT2D eigenvalue weighted by Crippen LogP contribution is -2.53. The fourth-order valence-corrected chi connectivity index (χ4v) is 3.52. The van der Waals surface area contributed by atoms with Crippen molar-refractivity contribution < 1.29 is 14.2 Å². The van der Waals surface area contributed by atoms with Crippen molar-refractivity contribution in [3.05, 3.63) is 23.8 Å². The van der Waals surface area contributed by atoms with E-state index in [1.807, 2.05) is 26.2 Å². The van der Waals surface area contributed by atoms with E-state index in [9.17, 15) is 0 Å². The predicted molar refractivity (Wildman–Crippen MR) is 102 cm³/mol. The van der Waals surface area contributed by atoms with E-state index >= 15 is 0 Å². The third-order valence-electron chi connectivity index (χ3n) is 4.97. The molecule has 26 heavy (non-hydrogen) atoms. The summed E-state index contributed by atoms with van der Waals surface area (Å²) in [7, 11) is 3.86. The second-order valence-electron chi connectivity index (χ2n) is 6.98. The molecule has 0 aromatic heterocycles. The summed E-state index contributed by atoms with van der Waals surface area (Å²) < 4.78 is 16.4. The molecular weight excluding hydrogens is 332 g/mol. The summed E-state index contributed by atoms with van der Waals surface area (Å²) in [6, 6.07) is 6.93. The zero-order valence-electron chi connectivity index (χ0n) is 16.2. The Balaban J connectivity index is 1.53. The Morgan fingerprint density at radius 1 is 1.38 bits per heavy atom. The number of fused-ring (bicyclic) bond motifs is 1. The molecule has 2 aliphatic heterocycles. The van der Waals surface area contributed by atoms with E-state index in [4.69, 9.17) is 14.2 Å². The lowest BCUT2D eigenvalue weighted by molar-refractivity contribution is -0.0175. The zero-order chi connectivity index (χ0) is 18.5. The molecule has 1 aromatic carbocycles. The summed E-state index contributed by atoms with van der Waals surface area (Å²) in [6.45, 7) is 8.97. The van der Waals surface area contributed by atoms with Crippen LogP contribution < -0.4 is 14.8 Å². The highest BCUT2D eigenvalue weighted by Crippen LogP contribution is 2.32. The van der Waals surface area contributed by atoms with Gasteiger partial charge in [-0.1, -0.05) is 6.07 Å². The molecule has 0 aliphatic carbocycles. The van der Waals surface area contributed by atoms with Crippen LogP contribution in [0.15, 0.2) is 23.2 Å². The average Bonchev–Trinajstić information content (AvgIpc) is 3.10. The first-order valence-electron chi connectivity index (χ1n) is 9.22. The van der Waals surface area contributed by atoms with Crippen LogP contribution in [0.5, 0.6) is 11.5 Å². The normalized spacial score (nSPS) is 21.5. The van der Waals surface area contributed by atoms with Gasteiger partial charge in [-0.2, -0.15) is 0 Å². The Labute approximate surface area is 155 Å². The number of guanidine groups is 1. The van der Waals surface area contributed by atoms with E-state index in [1.165, 1.54) is 0 Å². The van der Waals surface area contributed by atoms with Crippen molar-refractivity contribution >= 4 is 5.96 Å².